The van der Waals surface area contributed by atoms with E-state index in [0.29, 0.717) is 0 Å². The molecule has 0 spiro atoms. The predicted octanol–water partition coefficient (Wildman–Crippen LogP) is 36.7. The smallest absolute Gasteiger partial charge is 0.0721 e. The molecular weight excluding hydrogens is 1710 g/mol. The molecule has 6 aliphatic carbocycles. The fourth-order valence-electron chi connectivity index (χ4n) is 25.2. The highest BCUT2D eigenvalue weighted by Gasteiger charge is 2.46. The zero-order valence-electron chi connectivity index (χ0n) is 82.3. The fraction of sp³-hybridized carbons (Fsp3) is 0.129. The highest BCUT2D eigenvalue weighted by Crippen LogP contribution is 2.62. The van der Waals surface area contributed by atoms with Gasteiger partial charge in [-0.15, -0.1) is 0 Å². The topological polar surface area (TPSA) is 38.7 Å². The van der Waals surface area contributed by atoms with Crippen LogP contribution in [-0.4, -0.2) is 15.0 Å². The maximum absolute atomic E-state index is 5.45. The van der Waals surface area contributed by atoms with E-state index in [1.54, 1.807) is 0 Å². The molecule has 19 aromatic carbocycles. The highest BCUT2D eigenvalue weighted by atomic mass is 14.7. The van der Waals surface area contributed by atoms with Gasteiger partial charge in [-0.25, -0.2) is 15.0 Å². The summed E-state index contributed by atoms with van der Waals surface area (Å²) in [6.07, 6.45) is 0. The molecule has 0 bridgehead atoms. The normalized spacial score (nSPS) is 14.8. The van der Waals surface area contributed by atoms with Gasteiger partial charge in [-0.3, -0.25) is 0 Å². The van der Waals surface area contributed by atoms with Crippen molar-refractivity contribution in [2.45, 2.75) is 116 Å². The van der Waals surface area contributed by atoms with E-state index >= 15 is 0 Å². The summed E-state index contributed by atoms with van der Waals surface area (Å²) in [6, 6.07) is 159. The van der Waals surface area contributed by atoms with E-state index in [4.69, 9.17) is 15.0 Å². The molecule has 0 saturated carbocycles. The van der Waals surface area contributed by atoms with Gasteiger partial charge < -0.3 is 0 Å². The summed E-state index contributed by atoms with van der Waals surface area (Å²) in [5.41, 5.74) is 54.3. The average molecular weight is 1820 g/mol. The van der Waals surface area contributed by atoms with Crippen molar-refractivity contribution in [3.63, 3.8) is 0 Å². The van der Waals surface area contributed by atoms with Gasteiger partial charge in [0.2, 0.25) is 0 Å². The van der Waals surface area contributed by atoms with Crippen molar-refractivity contribution in [1.82, 2.24) is 15.0 Å². The minimum Gasteiger partial charge on any atom is -0.248 e. The van der Waals surface area contributed by atoms with E-state index in [0.717, 1.165) is 56.2 Å². The second-order valence-corrected chi connectivity index (χ2v) is 43.3. The molecule has 3 nitrogen and oxygen atoms in total. The standard InChI is InChI=1S/C55H41N.C45H35N.C39H31N/c1-54(2)48-25-10-9-22-43(48)46-32-51-47(33-50(46)54)44-27-26-36(29-49(44)55(51,3)4)39-30-52(56-53(31-39)45-24-13-17-35-15-6-8-21-41(35)45)38-19-11-18-37(28-38)42-23-12-16-34-14-5-7-20-40(34)42;1-44(2)38-17-11-10-16-34(38)36-26-41-37(27-40(36)44)35-21-20-31(23-39(35)45(41,3)4)33-24-42(29-13-6-5-7-14-29)46-43(25-33)32-19-18-28-12-8-9-15-30(28)22-32;1-38(2)32-16-10-8-14-26(32)30-21-35-31(22-34(30)38)27-19-18-25(20-33(27)39(35,3)4)37-23-29(24-12-6-5-7-13-24)28-15-9-11-17-36(28)40-37/h5-33H,1-4H3;5-27H,1-4H3;5-23H,1-4H3. The van der Waals surface area contributed by atoms with Gasteiger partial charge in [-0.2, -0.15) is 0 Å². The first-order valence-electron chi connectivity index (χ1n) is 50.3. The number of para-hydroxylation sites is 1. The lowest BCUT2D eigenvalue weighted by Gasteiger charge is -2.24. The first-order valence-corrected chi connectivity index (χ1v) is 50.3. The summed E-state index contributed by atoms with van der Waals surface area (Å²) in [7, 11) is 0. The average Bonchev–Trinajstić information content (AvgIpc) is 1.55. The van der Waals surface area contributed by atoms with Gasteiger partial charge in [0, 0.05) is 65.7 Å². The molecule has 142 heavy (non-hydrogen) atoms. The van der Waals surface area contributed by atoms with Crippen molar-refractivity contribution in [2.24, 2.45) is 0 Å². The number of nitrogens with zero attached hydrogens (tertiary/aromatic N) is 3. The van der Waals surface area contributed by atoms with Gasteiger partial charge >= 0.3 is 0 Å². The Bertz CT molecular complexity index is 9070. The summed E-state index contributed by atoms with van der Waals surface area (Å²) in [5.74, 6) is 0. The van der Waals surface area contributed by atoms with Crippen molar-refractivity contribution in [3.8, 4) is 168 Å². The second kappa shape index (κ2) is 32.1. The Hall–Kier alpha value is -16.3. The monoisotopic (exact) mass is 1820 g/mol. The zero-order chi connectivity index (χ0) is 96.2. The molecule has 0 radical (unpaired) electrons. The van der Waals surface area contributed by atoms with Crippen molar-refractivity contribution >= 4 is 43.2 Å². The van der Waals surface area contributed by atoms with E-state index in [9.17, 15) is 0 Å². The summed E-state index contributed by atoms with van der Waals surface area (Å²) in [6.45, 7) is 28.6. The maximum Gasteiger partial charge on any atom is 0.0721 e. The van der Waals surface area contributed by atoms with Gasteiger partial charge in [0.1, 0.15) is 0 Å². The van der Waals surface area contributed by atoms with Crippen LogP contribution in [0.25, 0.3) is 211 Å². The molecule has 0 amide bonds. The van der Waals surface area contributed by atoms with Crippen LogP contribution in [0, 0.1) is 0 Å². The second-order valence-electron chi connectivity index (χ2n) is 43.3. The zero-order valence-corrected chi connectivity index (χ0v) is 82.3. The summed E-state index contributed by atoms with van der Waals surface area (Å²) in [4.78, 5) is 15.8. The number of benzene rings is 19. The Kier molecular flexibility index (Phi) is 19.5. The van der Waals surface area contributed by atoms with E-state index in [1.165, 1.54) is 221 Å². The molecule has 6 aliphatic rings. The van der Waals surface area contributed by atoms with Crippen LogP contribution in [0.15, 0.2) is 431 Å². The molecule has 678 valence electrons. The van der Waals surface area contributed by atoms with E-state index < -0.39 is 0 Å². The molecular formula is C139H107N3. The molecule has 0 aliphatic heterocycles. The molecule has 0 fully saturated rings. The summed E-state index contributed by atoms with van der Waals surface area (Å²) in [5, 5.41) is 8.57. The summed E-state index contributed by atoms with van der Waals surface area (Å²) < 4.78 is 0. The lowest BCUT2D eigenvalue weighted by molar-refractivity contribution is 0.652. The van der Waals surface area contributed by atoms with Crippen LogP contribution in [0.1, 0.15) is 150 Å². The third-order valence-corrected chi connectivity index (χ3v) is 33.0. The van der Waals surface area contributed by atoms with Gasteiger partial charge in [0.15, 0.2) is 0 Å². The van der Waals surface area contributed by atoms with Crippen LogP contribution in [0.3, 0.4) is 0 Å². The van der Waals surface area contributed by atoms with Crippen molar-refractivity contribution in [1.29, 1.82) is 0 Å². The first kappa shape index (κ1) is 86.0. The third-order valence-electron chi connectivity index (χ3n) is 33.0. The van der Waals surface area contributed by atoms with Crippen LogP contribution >= 0.6 is 0 Å². The quantitative estimate of drug-likeness (QED) is 0.145. The number of pyridine rings is 3. The molecule has 0 saturated heterocycles. The van der Waals surface area contributed by atoms with E-state index in [1.807, 2.05) is 0 Å². The van der Waals surface area contributed by atoms with Gasteiger partial charge in [0.05, 0.1) is 34.0 Å². The summed E-state index contributed by atoms with van der Waals surface area (Å²) >= 11 is 0. The number of fused-ring (bicyclic) bond motifs is 22. The number of hydrogen-bond acceptors (Lipinski definition) is 3. The Morgan fingerprint density at radius 1 is 0.127 bits per heavy atom. The fourth-order valence-corrected chi connectivity index (χ4v) is 25.2. The Morgan fingerprint density at radius 3 is 0.915 bits per heavy atom. The molecule has 3 heterocycles. The van der Waals surface area contributed by atoms with Crippen molar-refractivity contribution < 1.29 is 0 Å². The number of hydrogen-bond donors (Lipinski definition) is 0. The molecule has 3 heteroatoms. The number of rotatable bonds is 9. The molecule has 28 rings (SSSR count). The van der Waals surface area contributed by atoms with Crippen LogP contribution < -0.4 is 0 Å². The predicted molar refractivity (Wildman–Crippen MR) is 597 cm³/mol. The molecule has 0 N–H and O–H groups in total. The molecule has 0 atom stereocenters. The van der Waals surface area contributed by atoms with E-state index in [2.05, 4.69) is 514 Å². The first-order chi connectivity index (χ1) is 68.9. The van der Waals surface area contributed by atoms with Crippen LogP contribution in [0.2, 0.25) is 0 Å². The van der Waals surface area contributed by atoms with Gasteiger partial charge in [0.25, 0.3) is 0 Å². The third kappa shape index (κ3) is 13.5. The highest BCUT2D eigenvalue weighted by molar-refractivity contribution is 6.03. The number of aromatic nitrogens is 3. The van der Waals surface area contributed by atoms with Crippen molar-refractivity contribution in [3.05, 3.63) is 497 Å². The minimum absolute atomic E-state index is 0.00333. The van der Waals surface area contributed by atoms with E-state index in [-0.39, 0.29) is 32.5 Å². The molecule has 0 unspecified atom stereocenters. The Morgan fingerprint density at radius 2 is 0.423 bits per heavy atom. The maximum atomic E-state index is 5.45. The SMILES string of the molecule is CC1(C)c2ccccc2-c2cc3c(cc21)-c1ccc(-c2cc(-c4cccc(-c5cccc6ccccc56)c4)nc(-c4cccc5ccccc45)c2)cc1C3(C)C.CC1(C)c2ccccc2-c2cc3c(cc21)-c1ccc(-c2cc(-c4ccccc4)c4ccccc4n2)cc1C3(C)C.CC1(C)c2ccccc2-c2cc3c(cc21)-c1ccc(-c2cc(-c4ccccc4)nc(-c4ccc5ccccc5c4)c2)cc1C3(C)C. The molecule has 3 aromatic heterocycles. The minimum atomic E-state index is -0.154. The lowest BCUT2D eigenvalue weighted by Crippen LogP contribution is -2.17. The van der Waals surface area contributed by atoms with Gasteiger partial charge in [-0.1, -0.05) is 411 Å². The Labute approximate surface area is 832 Å². The Balaban J connectivity index is 0.000000111. The van der Waals surface area contributed by atoms with Crippen molar-refractivity contribution in [2.75, 3.05) is 0 Å². The van der Waals surface area contributed by atoms with Gasteiger partial charge in [-0.05, 0) is 313 Å². The van der Waals surface area contributed by atoms with Crippen LogP contribution in [0.4, 0.5) is 0 Å². The van der Waals surface area contributed by atoms with Crippen LogP contribution in [-0.2, 0) is 32.5 Å². The lowest BCUT2D eigenvalue weighted by atomic mass is 9.79. The molecule has 22 aromatic rings. The van der Waals surface area contributed by atoms with Crippen LogP contribution in [0.5, 0.6) is 0 Å². The largest absolute Gasteiger partial charge is 0.248 e.